The van der Waals surface area contributed by atoms with E-state index in [-0.39, 0.29) is 30.3 Å². The van der Waals surface area contributed by atoms with Crippen LogP contribution < -0.4 is 11.1 Å². The third-order valence-electron chi connectivity index (χ3n) is 4.02. The topological polar surface area (TPSA) is 75.4 Å². The van der Waals surface area contributed by atoms with Crippen LogP contribution in [0.3, 0.4) is 0 Å². The van der Waals surface area contributed by atoms with Crippen LogP contribution in [-0.4, -0.2) is 42.4 Å². The van der Waals surface area contributed by atoms with Crippen LogP contribution in [0, 0.1) is 5.92 Å². The molecule has 2 aliphatic rings. The smallest absolute Gasteiger partial charge is 0.239 e. The Morgan fingerprint density at radius 1 is 1.16 bits per heavy atom. The molecule has 6 heteroatoms. The summed E-state index contributed by atoms with van der Waals surface area (Å²) in [6, 6.07) is 0.0199. The van der Waals surface area contributed by atoms with E-state index in [2.05, 4.69) is 5.32 Å². The number of hydrogen-bond acceptors (Lipinski definition) is 3. The highest BCUT2D eigenvalue weighted by atomic mass is 35.5. The molecule has 3 N–H and O–H groups in total. The molecule has 2 saturated heterocycles. The van der Waals surface area contributed by atoms with Gasteiger partial charge in [-0.3, -0.25) is 9.59 Å². The monoisotopic (exact) mass is 289 g/mol. The summed E-state index contributed by atoms with van der Waals surface area (Å²) >= 11 is 0. The predicted molar refractivity (Wildman–Crippen MR) is 76.0 cm³/mol. The molecule has 0 bridgehead atoms. The Balaban J connectivity index is 0.00000180. The minimum atomic E-state index is -0.228. The van der Waals surface area contributed by atoms with E-state index in [0.717, 1.165) is 45.3 Å². The number of nitrogens with zero attached hydrogens (tertiary/aromatic N) is 1. The summed E-state index contributed by atoms with van der Waals surface area (Å²) in [6.07, 6.45) is 5.54. The van der Waals surface area contributed by atoms with Crippen LogP contribution in [0.5, 0.6) is 0 Å². The van der Waals surface area contributed by atoms with Crippen LogP contribution in [-0.2, 0) is 9.59 Å². The van der Waals surface area contributed by atoms with E-state index in [9.17, 15) is 9.59 Å². The van der Waals surface area contributed by atoms with Gasteiger partial charge in [0.1, 0.15) is 0 Å². The zero-order chi connectivity index (χ0) is 13.0. The van der Waals surface area contributed by atoms with Gasteiger partial charge in [-0.2, -0.15) is 0 Å². The Bertz CT molecular complexity index is 311. The maximum atomic E-state index is 12.3. The molecule has 2 rings (SSSR count). The molecule has 2 amide bonds. The first-order valence-electron chi connectivity index (χ1n) is 6.97. The first-order valence-corrected chi connectivity index (χ1v) is 6.97. The fourth-order valence-electron chi connectivity index (χ4n) is 2.92. The summed E-state index contributed by atoms with van der Waals surface area (Å²) in [5.41, 5.74) is 5.21. The Hall–Kier alpha value is -0.810. The molecule has 0 aromatic carbocycles. The van der Waals surface area contributed by atoms with Crippen molar-refractivity contribution in [3.8, 4) is 0 Å². The summed E-state index contributed by atoms with van der Waals surface area (Å²) in [5, 5.41) is 3.29. The number of carbonyl (C=O) groups excluding carboxylic acids is 2. The standard InChI is InChI=1S/C13H23N3O2.ClH/c14-12(17)9-10-4-7-16(8-5-10)13(18)11-3-1-2-6-15-11;/h10-11,15H,1-9H2,(H2,14,17);1H/t11-;/m1./s1. The Kier molecular flexibility index (Phi) is 6.58. The molecule has 0 aromatic heterocycles. The second-order valence-electron chi connectivity index (χ2n) is 5.44. The number of likely N-dealkylation sites (tertiary alicyclic amines) is 1. The number of amides is 2. The third kappa shape index (κ3) is 4.66. The molecule has 0 aromatic rings. The molecule has 0 radical (unpaired) electrons. The Morgan fingerprint density at radius 3 is 2.37 bits per heavy atom. The minimum absolute atomic E-state index is 0. The number of hydrogen-bond donors (Lipinski definition) is 2. The first-order chi connectivity index (χ1) is 8.66. The highest BCUT2D eigenvalue weighted by Gasteiger charge is 2.29. The second-order valence-corrected chi connectivity index (χ2v) is 5.44. The molecule has 2 fully saturated rings. The fourth-order valence-corrected chi connectivity index (χ4v) is 2.92. The van der Waals surface area contributed by atoms with Crippen LogP contribution in [0.15, 0.2) is 0 Å². The van der Waals surface area contributed by atoms with Crippen molar-refractivity contribution >= 4 is 24.2 Å². The normalized spacial score (nSPS) is 24.6. The number of carbonyl (C=O) groups is 2. The van der Waals surface area contributed by atoms with Gasteiger partial charge >= 0.3 is 0 Å². The maximum Gasteiger partial charge on any atom is 0.239 e. The molecule has 5 nitrogen and oxygen atoms in total. The zero-order valence-electron chi connectivity index (χ0n) is 11.3. The molecule has 2 aliphatic heterocycles. The van der Waals surface area contributed by atoms with Gasteiger partial charge in [0.25, 0.3) is 0 Å². The Labute approximate surface area is 120 Å². The molecule has 0 saturated carbocycles. The van der Waals surface area contributed by atoms with Crippen LogP contribution >= 0.6 is 12.4 Å². The highest BCUT2D eigenvalue weighted by Crippen LogP contribution is 2.21. The van der Waals surface area contributed by atoms with E-state index in [4.69, 9.17) is 5.73 Å². The van der Waals surface area contributed by atoms with Gasteiger partial charge < -0.3 is 16.0 Å². The first kappa shape index (κ1) is 16.2. The summed E-state index contributed by atoms with van der Waals surface area (Å²) < 4.78 is 0. The van der Waals surface area contributed by atoms with E-state index in [1.807, 2.05) is 4.90 Å². The molecule has 2 heterocycles. The van der Waals surface area contributed by atoms with E-state index >= 15 is 0 Å². The van der Waals surface area contributed by atoms with Crippen LogP contribution in [0.4, 0.5) is 0 Å². The Morgan fingerprint density at radius 2 is 1.84 bits per heavy atom. The van der Waals surface area contributed by atoms with Crippen LogP contribution in [0.2, 0.25) is 0 Å². The molecule has 19 heavy (non-hydrogen) atoms. The van der Waals surface area contributed by atoms with E-state index in [0.29, 0.717) is 12.3 Å². The van der Waals surface area contributed by atoms with Crippen molar-refractivity contribution in [2.24, 2.45) is 11.7 Å². The molecular formula is C13H24ClN3O2. The lowest BCUT2D eigenvalue weighted by molar-refractivity contribution is -0.135. The molecule has 0 aliphatic carbocycles. The maximum absolute atomic E-state index is 12.3. The van der Waals surface area contributed by atoms with Gasteiger partial charge in [-0.05, 0) is 38.1 Å². The number of nitrogens with two attached hydrogens (primary N) is 1. The minimum Gasteiger partial charge on any atom is -0.370 e. The predicted octanol–water partition coefficient (Wildman–Crippen LogP) is 0.664. The largest absolute Gasteiger partial charge is 0.370 e. The summed E-state index contributed by atoms with van der Waals surface area (Å²) in [4.78, 5) is 25.1. The van der Waals surface area contributed by atoms with Gasteiger partial charge in [-0.15, -0.1) is 12.4 Å². The van der Waals surface area contributed by atoms with Gasteiger partial charge in [0.05, 0.1) is 6.04 Å². The lowest BCUT2D eigenvalue weighted by atomic mass is 9.92. The number of rotatable bonds is 3. The SMILES string of the molecule is Cl.NC(=O)CC1CCN(C(=O)[C@H]2CCCCN2)CC1. The lowest BCUT2D eigenvalue weighted by Gasteiger charge is -2.35. The number of nitrogens with one attached hydrogen (secondary N) is 1. The van der Waals surface area contributed by atoms with Crippen LogP contribution in [0.25, 0.3) is 0 Å². The molecule has 1 atom stereocenters. The summed E-state index contributed by atoms with van der Waals surface area (Å²) in [7, 11) is 0. The number of primary amides is 1. The van der Waals surface area contributed by atoms with E-state index < -0.39 is 0 Å². The van der Waals surface area contributed by atoms with E-state index in [1.165, 1.54) is 6.42 Å². The van der Waals surface area contributed by atoms with Gasteiger partial charge in [0, 0.05) is 19.5 Å². The molecule has 110 valence electrons. The second kappa shape index (κ2) is 7.70. The average Bonchev–Trinajstić information content (AvgIpc) is 2.39. The van der Waals surface area contributed by atoms with Crippen molar-refractivity contribution in [2.75, 3.05) is 19.6 Å². The quantitative estimate of drug-likeness (QED) is 0.802. The van der Waals surface area contributed by atoms with Crippen molar-refractivity contribution in [2.45, 2.75) is 44.6 Å². The summed E-state index contributed by atoms with van der Waals surface area (Å²) in [6.45, 7) is 2.50. The number of halogens is 1. The van der Waals surface area contributed by atoms with Crippen molar-refractivity contribution in [3.63, 3.8) is 0 Å². The average molecular weight is 290 g/mol. The summed E-state index contributed by atoms with van der Waals surface area (Å²) in [5.74, 6) is 0.381. The van der Waals surface area contributed by atoms with Crippen LogP contribution in [0.1, 0.15) is 38.5 Å². The third-order valence-corrected chi connectivity index (χ3v) is 4.02. The van der Waals surface area contributed by atoms with Gasteiger partial charge in [0.15, 0.2) is 0 Å². The van der Waals surface area contributed by atoms with Crippen molar-refractivity contribution < 1.29 is 9.59 Å². The fraction of sp³-hybridized carbons (Fsp3) is 0.846. The van der Waals surface area contributed by atoms with Gasteiger partial charge in [-0.1, -0.05) is 6.42 Å². The zero-order valence-corrected chi connectivity index (χ0v) is 12.1. The molecule has 0 spiro atoms. The highest BCUT2D eigenvalue weighted by molar-refractivity contribution is 5.85. The molecular weight excluding hydrogens is 266 g/mol. The van der Waals surface area contributed by atoms with E-state index in [1.54, 1.807) is 0 Å². The molecule has 0 unspecified atom stereocenters. The van der Waals surface area contributed by atoms with Gasteiger partial charge in [0.2, 0.25) is 11.8 Å². The van der Waals surface area contributed by atoms with Crippen molar-refractivity contribution in [1.82, 2.24) is 10.2 Å². The van der Waals surface area contributed by atoms with Crippen molar-refractivity contribution in [3.05, 3.63) is 0 Å². The van der Waals surface area contributed by atoms with Crippen molar-refractivity contribution in [1.29, 1.82) is 0 Å². The van der Waals surface area contributed by atoms with Gasteiger partial charge in [-0.25, -0.2) is 0 Å². The lowest BCUT2D eigenvalue weighted by Crippen LogP contribution is -2.50. The number of piperidine rings is 2.